The monoisotopic (exact) mass is 427 g/mol. The van der Waals surface area contributed by atoms with Crippen LogP contribution in [-0.4, -0.2) is 41.2 Å². The highest BCUT2D eigenvalue weighted by molar-refractivity contribution is 5.85. The van der Waals surface area contributed by atoms with E-state index in [0.29, 0.717) is 30.8 Å². The molecule has 6 nitrogen and oxygen atoms in total. The van der Waals surface area contributed by atoms with Crippen molar-refractivity contribution in [3.05, 3.63) is 39.7 Å². The van der Waals surface area contributed by atoms with Crippen LogP contribution in [0.2, 0.25) is 0 Å². The number of unbranched alkanes of at least 4 members (excludes halogenated alkanes) is 1. The third-order valence-corrected chi connectivity index (χ3v) is 7.13. The summed E-state index contributed by atoms with van der Waals surface area (Å²) in [6.07, 6.45) is 7.55. The SMILES string of the molecule is CCCCc1cc(=O)oc2c(C)c(OCC(=O)N3CCC4(O)CCCCC4C3)ccc12. The lowest BCUT2D eigenvalue weighted by atomic mass is 9.71. The molecule has 1 amide bonds. The van der Waals surface area contributed by atoms with Gasteiger partial charge in [-0.15, -0.1) is 0 Å². The van der Waals surface area contributed by atoms with Gasteiger partial charge in [-0.25, -0.2) is 4.79 Å². The standard InChI is InChI=1S/C25H33NO5/c1-3-4-7-18-14-23(28)31-24-17(2)21(10-9-20(18)24)30-16-22(27)26-13-12-25(29)11-6-5-8-19(25)15-26/h9-10,14,19,29H,3-8,11-13,15-16H2,1-2H3. The molecule has 4 rings (SSSR count). The Morgan fingerprint density at radius 1 is 1.32 bits per heavy atom. The van der Waals surface area contributed by atoms with Crippen molar-refractivity contribution in [3.8, 4) is 5.75 Å². The van der Waals surface area contributed by atoms with Crippen LogP contribution in [0.15, 0.2) is 27.4 Å². The zero-order valence-corrected chi connectivity index (χ0v) is 18.6. The number of hydrogen-bond donors (Lipinski definition) is 1. The summed E-state index contributed by atoms with van der Waals surface area (Å²) in [5.41, 5.74) is 1.31. The molecule has 6 heteroatoms. The minimum atomic E-state index is -0.599. The highest BCUT2D eigenvalue weighted by atomic mass is 16.5. The van der Waals surface area contributed by atoms with Crippen LogP contribution in [0.3, 0.4) is 0 Å². The molecule has 1 saturated heterocycles. The molecule has 1 aliphatic heterocycles. The predicted octanol–water partition coefficient (Wildman–Crippen LogP) is 3.98. The summed E-state index contributed by atoms with van der Waals surface area (Å²) in [4.78, 5) is 26.7. The summed E-state index contributed by atoms with van der Waals surface area (Å²) in [5, 5.41) is 11.8. The van der Waals surface area contributed by atoms with Crippen LogP contribution in [0.5, 0.6) is 5.75 Å². The Kier molecular flexibility index (Phi) is 6.37. The maximum Gasteiger partial charge on any atom is 0.336 e. The van der Waals surface area contributed by atoms with Crippen molar-refractivity contribution in [1.82, 2.24) is 4.90 Å². The molecule has 2 heterocycles. The van der Waals surface area contributed by atoms with Gasteiger partial charge < -0.3 is 19.2 Å². The van der Waals surface area contributed by atoms with E-state index in [1.165, 1.54) is 0 Å². The first-order chi connectivity index (χ1) is 14.9. The molecule has 1 N–H and O–H groups in total. The third-order valence-electron chi connectivity index (χ3n) is 7.13. The van der Waals surface area contributed by atoms with Crippen molar-refractivity contribution in [2.75, 3.05) is 19.7 Å². The van der Waals surface area contributed by atoms with Gasteiger partial charge in [0.1, 0.15) is 11.3 Å². The average molecular weight is 428 g/mol. The molecule has 2 unspecified atom stereocenters. The minimum Gasteiger partial charge on any atom is -0.483 e. The molecule has 2 fully saturated rings. The molecular weight excluding hydrogens is 394 g/mol. The molecule has 31 heavy (non-hydrogen) atoms. The molecule has 2 aromatic rings. The summed E-state index contributed by atoms with van der Waals surface area (Å²) in [7, 11) is 0. The maximum absolute atomic E-state index is 12.8. The second kappa shape index (κ2) is 9.03. The van der Waals surface area contributed by atoms with Crippen molar-refractivity contribution in [2.24, 2.45) is 5.92 Å². The quantitative estimate of drug-likeness (QED) is 0.706. The van der Waals surface area contributed by atoms with Crippen LogP contribution < -0.4 is 10.4 Å². The van der Waals surface area contributed by atoms with Crippen LogP contribution in [0.4, 0.5) is 0 Å². The second-order valence-electron chi connectivity index (χ2n) is 9.18. The van der Waals surface area contributed by atoms with E-state index in [1.54, 1.807) is 6.07 Å². The van der Waals surface area contributed by atoms with E-state index >= 15 is 0 Å². The van der Waals surface area contributed by atoms with Crippen molar-refractivity contribution in [1.29, 1.82) is 0 Å². The number of nitrogens with zero attached hydrogens (tertiary/aromatic N) is 1. The highest BCUT2D eigenvalue weighted by Gasteiger charge is 2.43. The molecule has 168 valence electrons. The second-order valence-corrected chi connectivity index (χ2v) is 9.18. The first-order valence-corrected chi connectivity index (χ1v) is 11.6. The van der Waals surface area contributed by atoms with E-state index in [1.807, 2.05) is 24.0 Å². The summed E-state index contributed by atoms with van der Waals surface area (Å²) in [6, 6.07) is 5.35. The van der Waals surface area contributed by atoms with E-state index in [9.17, 15) is 14.7 Å². The van der Waals surface area contributed by atoms with Crippen molar-refractivity contribution >= 4 is 16.9 Å². The Balaban J connectivity index is 1.46. The molecular formula is C25H33NO5. The van der Waals surface area contributed by atoms with Gasteiger partial charge in [0, 0.05) is 36.0 Å². The summed E-state index contributed by atoms with van der Waals surface area (Å²) >= 11 is 0. The number of amides is 1. The van der Waals surface area contributed by atoms with Crippen LogP contribution in [0.1, 0.15) is 63.0 Å². The molecule has 1 aromatic heterocycles. The van der Waals surface area contributed by atoms with Crippen molar-refractivity contribution in [3.63, 3.8) is 0 Å². The van der Waals surface area contributed by atoms with Crippen molar-refractivity contribution < 1.29 is 19.1 Å². The van der Waals surface area contributed by atoms with Gasteiger partial charge >= 0.3 is 5.63 Å². The smallest absolute Gasteiger partial charge is 0.336 e. The number of rotatable bonds is 6. The molecule has 0 radical (unpaired) electrons. The number of piperidine rings is 1. The van der Waals surface area contributed by atoms with Gasteiger partial charge in [-0.2, -0.15) is 0 Å². The number of ether oxygens (including phenoxy) is 1. The molecule has 1 aliphatic carbocycles. The minimum absolute atomic E-state index is 0.0583. The Labute approximate surface area is 183 Å². The zero-order valence-electron chi connectivity index (χ0n) is 18.6. The van der Waals surface area contributed by atoms with Crippen LogP contribution in [0.25, 0.3) is 11.0 Å². The van der Waals surface area contributed by atoms with Gasteiger partial charge in [0.05, 0.1) is 5.60 Å². The van der Waals surface area contributed by atoms with Gasteiger partial charge in [0.15, 0.2) is 6.61 Å². The van der Waals surface area contributed by atoms with Crippen molar-refractivity contribution in [2.45, 2.75) is 70.8 Å². The normalized spacial score (nSPS) is 23.6. The molecule has 1 saturated carbocycles. The van der Waals surface area contributed by atoms with Gasteiger partial charge in [0.2, 0.25) is 0 Å². The fourth-order valence-electron chi connectivity index (χ4n) is 5.17. The molecule has 0 bridgehead atoms. The van der Waals surface area contributed by atoms with Gasteiger partial charge in [-0.1, -0.05) is 26.2 Å². The van der Waals surface area contributed by atoms with E-state index in [2.05, 4.69) is 6.92 Å². The lowest BCUT2D eigenvalue weighted by Crippen LogP contribution is -2.55. The Bertz CT molecular complexity index is 1010. The highest BCUT2D eigenvalue weighted by Crippen LogP contribution is 2.39. The molecule has 2 aliphatic rings. The van der Waals surface area contributed by atoms with E-state index < -0.39 is 5.60 Å². The van der Waals surface area contributed by atoms with Gasteiger partial charge in [-0.3, -0.25) is 4.79 Å². The molecule has 1 aromatic carbocycles. The number of fused-ring (bicyclic) bond motifs is 2. The number of likely N-dealkylation sites (tertiary alicyclic amines) is 1. The first-order valence-electron chi connectivity index (χ1n) is 11.6. The fourth-order valence-corrected chi connectivity index (χ4v) is 5.17. The first kappa shape index (κ1) is 21.9. The van der Waals surface area contributed by atoms with E-state index in [4.69, 9.17) is 9.15 Å². The number of aryl methyl sites for hydroxylation is 2. The third kappa shape index (κ3) is 4.49. The van der Waals surface area contributed by atoms with Gasteiger partial charge in [0.25, 0.3) is 5.91 Å². The topological polar surface area (TPSA) is 80.0 Å². The lowest BCUT2D eigenvalue weighted by molar-refractivity contribution is -0.145. The van der Waals surface area contributed by atoms with Crippen LogP contribution in [0, 0.1) is 12.8 Å². The van der Waals surface area contributed by atoms with Crippen LogP contribution in [-0.2, 0) is 11.2 Å². The molecule has 2 atom stereocenters. The Hall–Kier alpha value is -2.34. The van der Waals surface area contributed by atoms with E-state index in [-0.39, 0.29) is 24.1 Å². The number of hydrogen-bond acceptors (Lipinski definition) is 5. The number of carbonyl (C=O) groups is 1. The Morgan fingerprint density at radius 2 is 2.16 bits per heavy atom. The van der Waals surface area contributed by atoms with Crippen LogP contribution >= 0.6 is 0 Å². The average Bonchev–Trinajstić information content (AvgIpc) is 2.76. The Morgan fingerprint density at radius 3 is 2.97 bits per heavy atom. The van der Waals surface area contributed by atoms with E-state index in [0.717, 1.165) is 61.5 Å². The fraction of sp³-hybridized carbons (Fsp3) is 0.600. The summed E-state index contributed by atoms with van der Waals surface area (Å²) in [6.45, 7) is 5.10. The number of benzene rings is 1. The molecule has 0 spiro atoms. The summed E-state index contributed by atoms with van der Waals surface area (Å²) in [5.74, 6) is 0.658. The maximum atomic E-state index is 12.8. The lowest BCUT2D eigenvalue weighted by Gasteiger charge is -2.47. The number of aliphatic hydroxyl groups is 1. The van der Waals surface area contributed by atoms with Gasteiger partial charge in [-0.05, 0) is 56.7 Å². The summed E-state index contributed by atoms with van der Waals surface area (Å²) < 4.78 is 11.4. The zero-order chi connectivity index (χ0) is 22.0. The number of carbonyl (C=O) groups excluding carboxylic acids is 1. The predicted molar refractivity (Wildman–Crippen MR) is 119 cm³/mol. The largest absolute Gasteiger partial charge is 0.483 e.